The number of carbonyl (C=O) groups is 2. The zero-order valence-electron chi connectivity index (χ0n) is 15.3. The molecule has 26 heavy (non-hydrogen) atoms. The average Bonchev–Trinajstić information content (AvgIpc) is 2.65. The quantitative estimate of drug-likeness (QED) is 0.714. The number of methoxy groups -OCH3 is 1. The summed E-state index contributed by atoms with van der Waals surface area (Å²) in [5, 5.41) is 8.33. The fourth-order valence-corrected chi connectivity index (χ4v) is 2.45. The molecule has 0 heterocycles. The number of urea groups is 1. The maximum atomic E-state index is 12.5. The number of ether oxygens (including phenoxy) is 1. The van der Waals surface area contributed by atoms with Gasteiger partial charge >= 0.3 is 6.03 Å². The largest absolute Gasteiger partial charge is 0.497 e. The molecule has 3 N–H and O–H groups in total. The van der Waals surface area contributed by atoms with E-state index >= 15 is 0 Å². The molecule has 0 aliphatic carbocycles. The fraction of sp³-hybridized carbons (Fsp3) is 0.300. The molecule has 0 aliphatic heterocycles. The molecule has 0 bridgehead atoms. The van der Waals surface area contributed by atoms with Crippen molar-refractivity contribution in [3.05, 3.63) is 60.2 Å². The van der Waals surface area contributed by atoms with E-state index in [0.29, 0.717) is 12.2 Å². The van der Waals surface area contributed by atoms with Crippen molar-refractivity contribution in [1.82, 2.24) is 10.6 Å². The number of hydrogen-bond donors (Lipinski definition) is 3. The molecule has 1 unspecified atom stereocenters. The summed E-state index contributed by atoms with van der Waals surface area (Å²) in [6.07, 6.45) is 0. The maximum Gasteiger partial charge on any atom is 0.319 e. The summed E-state index contributed by atoms with van der Waals surface area (Å²) >= 11 is 0. The SMILES string of the molecule is COc1cccc(CNC(=O)C(NC(=O)Nc2ccccc2)C(C)C)c1. The predicted octanol–water partition coefficient (Wildman–Crippen LogP) is 3.16. The first-order chi connectivity index (χ1) is 12.5. The van der Waals surface area contributed by atoms with E-state index in [1.165, 1.54) is 0 Å². The van der Waals surface area contributed by atoms with Crippen molar-refractivity contribution in [2.24, 2.45) is 5.92 Å². The van der Waals surface area contributed by atoms with E-state index in [1.54, 1.807) is 19.2 Å². The molecule has 6 nitrogen and oxygen atoms in total. The summed E-state index contributed by atoms with van der Waals surface area (Å²) in [6, 6.07) is 15.5. The number of hydrogen-bond acceptors (Lipinski definition) is 3. The number of carbonyl (C=O) groups excluding carboxylic acids is 2. The first-order valence-electron chi connectivity index (χ1n) is 8.53. The summed E-state index contributed by atoms with van der Waals surface area (Å²) in [5.74, 6) is 0.449. The van der Waals surface area contributed by atoms with Crippen LogP contribution >= 0.6 is 0 Å². The van der Waals surface area contributed by atoms with Crippen LogP contribution in [0.15, 0.2) is 54.6 Å². The Kier molecular flexibility index (Phi) is 7.02. The van der Waals surface area contributed by atoms with Crippen LogP contribution in [0.25, 0.3) is 0 Å². The van der Waals surface area contributed by atoms with E-state index in [0.717, 1.165) is 11.3 Å². The monoisotopic (exact) mass is 355 g/mol. The molecule has 0 saturated heterocycles. The van der Waals surface area contributed by atoms with E-state index in [1.807, 2.05) is 56.3 Å². The van der Waals surface area contributed by atoms with E-state index in [4.69, 9.17) is 4.74 Å². The van der Waals surface area contributed by atoms with Crippen LogP contribution in [0, 0.1) is 5.92 Å². The number of anilines is 1. The lowest BCUT2D eigenvalue weighted by atomic mass is 10.0. The first-order valence-corrected chi connectivity index (χ1v) is 8.53. The predicted molar refractivity (Wildman–Crippen MR) is 102 cm³/mol. The lowest BCUT2D eigenvalue weighted by molar-refractivity contribution is -0.124. The average molecular weight is 355 g/mol. The second kappa shape index (κ2) is 9.46. The normalized spacial score (nSPS) is 11.5. The molecule has 138 valence electrons. The highest BCUT2D eigenvalue weighted by Gasteiger charge is 2.24. The van der Waals surface area contributed by atoms with E-state index in [9.17, 15) is 9.59 Å². The van der Waals surface area contributed by atoms with Crippen molar-refractivity contribution in [3.8, 4) is 5.75 Å². The molecular weight excluding hydrogens is 330 g/mol. The van der Waals surface area contributed by atoms with Crippen molar-refractivity contribution in [2.75, 3.05) is 12.4 Å². The summed E-state index contributed by atoms with van der Waals surface area (Å²) in [4.78, 5) is 24.7. The van der Waals surface area contributed by atoms with Gasteiger partial charge in [-0.2, -0.15) is 0 Å². The Labute approximate surface area is 153 Å². The molecule has 0 radical (unpaired) electrons. The minimum absolute atomic E-state index is 0.0539. The van der Waals surface area contributed by atoms with Gasteiger partial charge in [0.25, 0.3) is 0 Å². The van der Waals surface area contributed by atoms with Crippen LogP contribution in [0.1, 0.15) is 19.4 Å². The van der Waals surface area contributed by atoms with Crippen molar-refractivity contribution in [2.45, 2.75) is 26.4 Å². The van der Waals surface area contributed by atoms with Gasteiger partial charge in [0.2, 0.25) is 5.91 Å². The van der Waals surface area contributed by atoms with Crippen molar-refractivity contribution in [3.63, 3.8) is 0 Å². The van der Waals surface area contributed by atoms with Crippen LogP contribution in [0.2, 0.25) is 0 Å². The minimum Gasteiger partial charge on any atom is -0.497 e. The summed E-state index contributed by atoms with van der Waals surface area (Å²) in [6.45, 7) is 4.14. The van der Waals surface area contributed by atoms with E-state index in [2.05, 4.69) is 16.0 Å². The zero-order valence-corrected chi connectivity index (χ0v) is 15.3. The van der Waals surface area contributed by atoms with Crippen molar-refractivity contribution < 1.29 is 14.3 Å². The molecule has 2 aromatic carbocycles. The molecule has 1 atom stereocenters. The standard InChI is InChI=1S/C20H25N3O3/c1-14(2)18(23-20(25)22-16-9-5-4-6-10-16)19(24)21-13-15-8-7-11-17(12-15)26-3/h4-12,14,18H,13H2,1-3H3,(H,21,24)(H2,22,23,25). The fourth-order valence-electron chi connectivity index (χ4n) is 2.45. The second-order valence-corrected chi connectivity index (χ2v) is 6.26. The first kappa shape index (κ1) is 19.3. The van der Waals surface area contributed by atoms with Crippen LogP contribution < -0.4 is 20.7 Å². The van der Waals surface area contributed by atoms with E-state index in [-0.39, 0.29) is 11.8 Å². The third-order valence-electron chi connectivity index (χ3n) is 3.87. The van der Waals surface area contributed by atoms with Gasteiger partial charge in [0.1, 0.15) is 11.8 Å². The second-order valence-electron chi connectivity index (χ2n) is 6.26. The lowest BCUT2D eigenvalue weighted by Crippen LogP contribution is -2.50. The number of para-hydroxylation sites is 1. The van der Waals surface area contributed by atoms with Gasteiger partial charge in [0.05, 0.1) is 7.11 Å². The smallest absolute Gasteiger partial charge is 0.319 e. The topological polar surface area (TPSA) is 79.5 Å². The van der Waals surface area contributed by atoms with Gasteiger partial charge in [0, 0.05) is 12.2 Å². The maximum absolute atomic E-state index is 12.5. The molecule has 2 rings (SSSR count). The molecule has 6 heteroatoms. The lowest BCUT2D eigenvalue weighted by Gasteiger charge is -2.22. The molecule has 0 saturated carbocycles. The van der Waals surface area contributed by atoms with E-state index < -0.39 is 12.1 Å². The Morgan fingerprint density at radius 3 is 2.42 bits per heavy atom. The number of benzene rings is 2. The Morgan fingerprint density at radius 1 is 1.04 bits per heavy atom. The van der Waals surface area contributed by atoms with Gasteiger partial charge in [-0.15, -0.1) is 0 Å². The number of rotatable bonds is 7. The highest BCUT2D eigenvalue weighted by molar-refractivity contribution is 5.93. The molecule has 2 aromatic rings. The van der Waals surface area contributed by atoms with Gasteiger partial charge in [0.15, 0.2) is 0 Å². The molecule has 0 fully saturated rings. The summed E-state index contributed by atoms with van der Waals surface area (Å²) in [7, 11) is 1.60. The van der Waals surface area contributed by atoms with Gasteiger partial charge < -0.3 is 20.7 Å². The molecule has 0 aliphatic rings. The number of nitrogens with one attached hydrogen (secondary N) is 3. The van der Waals surface area contributed by atoms with Gasteiger partial charge in [-0.1, -0.05) is 44.2 Å². The van der Waals surface area contributed by atoms with Crippen LogP contribution in [0.4, 0.5) is 10.5 Å². The Balaban J connectivity index is 1.92. The van der Waals surface area contributed by atoms with Crippen LogP contribution in [0.3, 0.4) is 0 Å². The van der Waals surface area contributed by atoms with Crippen molar-refractivity contribution in [1.29, 1.82) is 0 Å². The molecule has 3 amide bonds. The van der Waals surface area contributed by atoms with Crippen LogP contribution in [0.5, 0.6) is 5.75 Å². The van der Waals surface area contributed by atoms with Crippen LogP contribution in [-0.4, -0.2) is 25.1 Å². The number of amides is 3. The van der Waals surface area contributed by atoms with Gasteiger partial charge in [-0.25, -0.2) is 4.79 Å². The highest BCUT2D eigenvalue weighted by atomic mass is 16.5. The summed E-state index contributed by atoms with van der Waals surface area (Å²) < 4.78 is 5.18. The third-order valence-corrected chi connectivity index (χ3v) is 3.87. The minimum atomic E-state index is -0.635. The third kappa shape index (κ3) is 5.81. The van der Waals surface area contributed by atoms with Crippen LogP contribution in [-0.2, 0) is 11.3 Å². The molecular formula is C20H25N3O3. The molecule has 0 aromatic heterocycles. The Hall–Kier alpha value is -3.02. The Morgan fingerprint density at radius 2 is 1.77 bits per heavy atom. The van der Waals surface area contributed by atoms with Gasteiger partial charge in [-0.3, -0.25) is 4.79 Å². The zero-order chi connectivity index (χ0) is 18.9. The van der Waals surface area contributed by atoms with Gasteiger partial charge in [-0.05, 0) is 35.7 Å². The van der Waals surface area contributed by atoms with Crippen molar-refractivity contribution >= 4 is 17.6 Å². The Bertz CT molecular complexity index is 732. The molecule has 0 spiro atoms. The summed E-state index contributed by atoms with van der Waals surface area (Å²) in [5.41, 5.74) is 1.60. The highest BCUT2D eigenvalue weighted by Crippen LogP contribution is 2.12.